The fourth-order valence-electron chi connectivity index (χ4n) is 2.37. The molecule has 0 aromatic carbocycles. The molecule has 0 nitrogen and oxygen atoms in total. The molecule has 0 heteroatoms. The predicted octanol–water partition coefficient (Wildman–Crippen LogP) is 5.98. The summed E-state index contributed by atoms with van der Waals surface area (Å²) >= 11 is 0. The number of hydrogen-bond acceptors (Lipinski definition) is 0. The summed E-state index contributed by atoms with van der Waals surface area (Å²) in [6.07, 6.45) is 12.0. The van der Waals surface area contributed by atoms with Crippen molar-refractivity contribution >= 4 is 0 Å². The first kappa shape index (κ1) is 15.7. The Morgan fingerprint density at radius 2 is 1.56 bits per heavy atom. The molecule has 0 aliphatic carbocycles. The summed E-state index contributed by atoms with van der Waals surface area (Å²) in [5.74, 6) is 1.73. The fraction of sp³-hybridized carbons (Fsp3) is 0.875. The van der Waals surface area contributed by atoms with E-state index >= 15 is 0 Å². The lowest BCUT2D eigenvalue weighted by Crippen LogP contribution is -2.00. The van der Waals surface area contributed by atoms with Crippen LogP contribution in [-0.4, -0.2) is 0 Å². The van der Waals surface area contributed by atoms with Crippen molar-refractivity contribution in [2.45, 2.75) is 79.6 Å². The monoisotopic (exact) mass is 224 g/mol. The van der Waals surface area contributed by atoms with Crippen LogP contribution in [0, 0.1) is 11.8 Å². The van der Waals surface area contributed by atoms with Crippen molar-refractivity contribution in [3.8, 4) is 0 Å². The number of allylic oxidation sites excluding steroid dienone is 2. The number of rotatable bonds is 9. The molecular weight excluding hydrogens is 192 g/mol. The fourth-order valence-corrected chi connectivity index (χ4v) is 2.37. The summed E-state index contributed by atoms with van der Waals surface area (Å²) < 4.78 is 0. The van der Waals surface area contributed by atoms with Crippen LogP contribution in [0.15, 0.2) is 11.6 Å². The summed E-state index contributed by atoms with van der Waals surface area (Å²) in [4.78, 5) is 0. The third kappa shape index (κ3) is 7.96. The highest BCUT2D eigenvalue weighted by Crippen LogP contribution is 2.22. The van der Waals surface area contributed by atoms with Gasteiger partial charge in [-0.1, -0.05) is 71.4 Å². The van der Waals surface area contributed by atoms with Gasteiger partial charge in [0.2, 0.25) is 0 Å². The van der Waals surface area contributed by atoms with E-state index in [1.165, 1.54) is 44.9 Å². The van der Waals surface area contributed by atoms with Gasteiger partial charge in [0.25, 0.3) is 0 Å². The van der Waals surface area contributed by atoms with Crippen molar-refractivity contribution in [2.24, 2.45) is 11.8 Å². The van der Waals surface area contributed by atoms with Gasteiger partial charge in [-0.2, -0.15) is 0 Å². The Morgan fingerprint density at radius 3 is 2.00 bits per heavy atom. The van der Waals surface area contributed by atoms with Gasteiger partial charge in [-0.05, 0) is 31.6 Å². The molecule has 0 spiro atoms. The molecule has 0 saturated carbocycles. The van der Waals surface area contributed by atoms with Crippen LogP contribution in [0.4, 0.5) is 0 Å². The van der Waals surface area contributed by atoms with Crippen LogP contribution in [-0.2, 0) is 0 Å². The lowest BCUT2D eigenvalue weighted by atomic mass is 9.91. The van der Waals surface area contributed by atoms with Crippen LogP contribution in [0.1, 0.15) is 79.6 Å². The van der Waals surface area contributed by atoms with E-state index in [4.69, 9.17) is 0 Å². The lowest BCUT2D eigenvalue weighted by Gasteiger charge is -2.15. The summed E-state index contributed by atoms with van der Waals surface area (Å²) in [5, 5.41) is 0. The van der Waals surface area contributed by atoms with Crippen LogP contribution < -0.4 is 0 Å². The van der Waals surface area contributed by atoms with Gasteiger partial charge >= 0.3 is 0 Å². The van der Waals surface area contributed by atoms with Gasteiger partial charge in [0, 0.05) is 0 Å². The highest BCUT2D eigenvalue weighted by molar-refractivity contribution is 5.00. The lowest BCUT2D eigenvalue weighted by molar-refractivity contribution is 0.410. The molecule has 0 rings (SSSR count). The van der Waals surface area contributed by atoms with Gasteiger partial charge in [0.1, 0.15) is 0 Å². The van der Waals surface area contributed by atoms with E-state index in [2.05, 4.69) is 40.7 Å². The second-order valence-electron chi connectivity index (χ2n) is 5.38. The summed E-state index contributed by atoms with van der Waals surface area (Å²) in [6.45, 7) is 11.5. The van der Waals surface area contributed by atoms with E-state index in [9.17, 15) is 0 Å². The first-order chi connectivity index (χ1) is 7.63. The Bertz CT molecular complexity index is 172. The van der Waals surface area contributed by atoms with Gasteiger partial charge in [-0.25, -0.2) is 0 Å². The van der Waals surface area contributed by atoms with E-state index in [1.807, 2.05) is 0 Å². The van der Waals surface area contributed by atoms with E-state index in [0.29, 0.717) is 0 Å². The normalized spacial score (nSPS) is 14.5. The molecule has 0 fully saturated rings. The molecule has 1 atom stereocenters. The minimum Gasteiger partial charge on any atom is -0.0828 e. The van der Waals surface area contributed by atoms with Crippen molar-refractivity contribution < 1.29 is 0 Å². The van der Waals surface area contributed by atoms with Crippen LogP contribution in [0.3, 0.4) is 0 Å². The molecule has 0 aromatic rings. The highest BCUT2D eigenvalue weighted by Gasteiger charge is 2.06. The zero-order valence-corrected chi connectivity index (χ0v) is 12.2. The topological polar surface area (TPSA) is 0 Å². The first-order valence-electron chi connectivity index (χ1n) is 7.31. The standard InChI is InChI=1S/C16H32/c1-6-9-16(10-7-2)12-11-15(5)13-14(4)8-3/h13-14,16H,6-12H2,1-5H3. The van der Waals surface area contributed by atoms with Crippen molar-refractivity contribution in [1.29, 1.82) is 0 Å². The Balaban J connectivity index is 3.94. The van der Waals surface area contributed by atoms with Gasteiger partial charge in [-0.3, -0.25) is 0 Å². The number of hydrogen-bond donors (Lipinski definition) is 0. The van der Waals surface area contributed by atoms with Gasteiger partial charge in [0.05, 0.1) is 0 Å². The van der Waals surface area contributed by atoms with E-state index in [-0.39, 0.29) is 0 Å². The van der Waals surface area contributed by atoms with E-state index in [0.717, 1.165) is 11.8 Å². The second-order valence-corrected chi connectivity index (χ2v) is 5.38. The molecule has 0 heterocycles. The van der Waals surface area contributed by atoms with Crippen molar-refractivity contribution in [3.05, 3.63) is 11.6 Å². The van der Waals surface area contributed by atoms with Gasteiger partial charge < -0.3 is 0 Å². The quantitative estimate of drug-likeness (QED) is 0.423. The molecule has 0 saturated heterocycles. The van der Waals surface area contributed by atoms with Crippen molar-refractivity contribution in [1.82, 2.24) is 0 Å². The molecule has 1 unspecified atom stereocenters. The Hall–Kier alpha value is -0.260. The van der Waals surface area contributed by atoms with Gasteiger partial charge in [0.15, 0.2) is 0 Å². The van der Waals surface area contributed by atoms with Crippen LogP contribution in [0.5, 0.6) is 0 Å². The van der Waals surface area contributed by atoms with Crippen molar-refractivity contribution in [3.63, 3.8) is 0 Å². The highest BCUT2D eigenvalue weighted by atomic mass is 14.1. The third-order valence-electron chi connectivity index (χ3n) is 3.55. The maximum absolute atomic E-state index is 2.47. The van der Waals surface area contributed by atoms with Crippen molar-refractivity contribution in [2.75, 3.05) is 0 Å². The molecule has 0 aliphatic heterocycles. The maximum atomic E-state index is 2.47. The minimum atomic E-state index is 0.760. The third-order valence-corrected chi connectivity index (χ3v) is 3.55. The molecular formula is C16H32. The van der Waals surface area contributed by atoms with Crippen LogP contribution in [0.25, 0.3) is 0 Å². The molecule has 0 bridgehead atoms. The zero-order chi connectivity index (χ0) is 12.4. The Kier molecular flexibility index (Phi) is 9.77. The summed E-state index contributed by atoms with van der Waals surface area (Å²) in [6, 6.07) is 0. The Morgan fingerprint density at radius 1 is 1.00 bits per heavy atom. The second kappa shape index (κ2) is 9.93. The molecule has 16 heavy (non-hydrogen) atoms. The smallest absolute Gasteiger partial charge is 0.0262 e. The predicted molar refractivity (Wildman–Crippen MR) is 75.8 cm³/mol. The van der Waals surface area contributed by atoms with Crippen LogP contribution >= 0.6 is 0 Å². The molecule has 0 amide bonds. The van der Waals surface area contributed by atoms with E-state index in [1.54, 1.807) is 5.57 Å². The van der Waals surface area contributed by atoms with E-state index < -0.39 is 0 Å². The maximum Gasteiger partial charge on any atom is -0.0262 e. The molecule has 96 valence electrons. The Labute approximate surface area is 104 Å². The zero-order valence-electron chi connectivity index (χ0n) is 12.2. The average molecular weight is 224 g/mol. The van der Waals surface area contributed by atoms with Crippen LogP contribution in [0.2, 0.25) is 0 Å². The first-order valence-corrected chi connectivity index (χ1v) is 7.31. The van der Waals surface area contributed by atoms with Gasteiger partial charge in [-0.15, -0.1) is 0 Å². The summed E-state index contributed by atoms with van der Waals surface area (Å²) in [7, 11) is 0. The summed E-state index contributed by atoms with van der Waals surface area (Å²) in [5.41, 5.74) is 1.60. The molecule has 0 N–H and O–H groups in total. The molecule has 0 aliphatic rings. The molecule has 0 aromatic heterocycles. The average Bonchev–Trinajstić information content (AvgIpc) is 2.26. The SMILES string of the molecule is CCCC(CCC)CCC(C)=CC(C)CC. The largest absolute Gasteiger partial charge is 0.0828 e. The minimum absolute atomic E-state index is 0.760. The molecule has 0 radical (unpaired) electrons.